The van der Waals surface area contributed by atoms with Gasteiger partial charge in [-0.2, -0.15) is 0 Å². The highest BCUT2D eigenvalue weighted by Gasteiger charge is 1.76. The van der Waals surface area contributed by atoms with Crippen molar-refractivity contribution in [2.45, 2.75) is 0 Å². The van der Waals surface area contributed by atoms with Crippen LogP contribution in [0.5, 0.6) is 0 Å². The Morgan fingerprint density at radius 3 is 1.50 bits per heavy atom. The van der Waals surface area contributed by atoms with E-state index in [2.05, 4.69) is 5.32 Å². The summed E-state index contributed by atoms with van der Waals surface area (Å²) in [7, 11) is 0. The first-order valence-electron chi connectivity index (χ1n) is 3.06. The number of nitrogens with one attached hydrogen (secondary N) is 1. The van der Waals surface area contributed by atoms with Gasteiger partial charge in [0.1, 0.15) is 0 Å². The summed E-state index contributed by atoms with van der Waals surface area (Å²) < 4.78 is 0. The number of hydrogen-bond donors (Lipinski definition) is 3. The lowest BCUT2D eigenvalue weighted by Gasteiger charge is -1.95. The van der Waals surface area contributed by atoms with E-state index in [1.165, 1.54) is 0 Å². The molecule has 0 saturated heterocycles. The quantitative estimate of drug-likeness (QED) is 0.427. The molecule has 0 radical (unpaired) electrons. The predicted molar refractivity (Wildman–Crippen MR) is 47.6 cm³/mol. The van der Waals surface area contributed by atoms with Crippen LogP contribution < -0.4 is 16.8 Å². The molecule has 0 atom stereocenters. The maximum atomic E-state index is 5.17. The van der Waals surface area contributed by atoms with E-state index in [0.717, 1.165) is 13.1 Å². The molecule has 0 aliphatic rings. The van der Waals surface area contributed by atoms with E-state index in [-0.39, 0.29) is 5.34 Å². The van der Waals surface area contributed by atoms with Crippen LogP contribution >= 0.6 is 23.2 Å². The van der Waals surface area contributed by atoms with Crippen LogP contribution in [0.15, 0.2) is 0 Å². The highest BCUT2D eigenvalue weighted by molar-refractivity contribution is 6.40. The van der Waals surface area contributed by atoms with Crippen molar-refractivity contribution >= 4 is 23.2 Å². The predicted octanol–water partition coefficient (Wildman–Crippen LogP) is -0.0851. The average Bonchev–Trinajstić information content (AvgIpc) is 1.91. The summed E-state index contributed by atoms with van der Waals surface area (Å²) in [6.45, 7) is 3.13. The maximum absolute atomic E-state index is 5.17. The van der Waals surface area contributed by atoms with E-state index in [0.29, 0.717) is 13.1 Å². The second-order valence-corrected chi connectivity index (χ2v) is 2.24. The molecular formula is C5H15Cl2N3. The minimum absolute atomic E-state index is 0.194. The van der Waals surface area contributed by atoms with Gasteiger partial charge in [0.25, 0.3) is 0 Å². The molecule has 5 N–H and O–H groups in total. The third kappa shape index (κ3) is 23.7. The molecule has 0 amide bonds. The van der Waals surface area contributed by atoms with Gasteiger partial charge < -0.3 is 16.8 Å². The Morgan fingerprint density at radius 1 is 1.00 bits per heavy atom. The molecule has 0 spiro atoms. The van der Waals surface area contributed by atoms with Gasteiger partial charge in [0.05, 0.1) is 5.34 Å². The Morgan fingerprint density at radius 2 is 1.30 bits per heavy atom. The van der Waals surface area contributed by atoms with Crippen molar-refractivity contribution in [1.29, 1.82) is 0 Å². The Labute approximate surface area is 72.0 Å². The Kier molecular flexibility index (Phi) is 21.2. The van der Waals surface area contributed by atoms with Gasteiger partial charge in [-0.05, 0) is 0 Å². The Bertz CT molecular complexity index is 41.9. The van der Waals surface area contributed by atoms with Crippen molar-refractivity contribution < 1.29 is 0 Å². The lowest BCUT2D eigenvalue weighted by molar-refractivity contribution is 0.696. The molecule has 0 aliphatic heterocycles. The lowest BCUT2D eigenvalue weighted by atomic mass is 10.6. The van der Waals surface area contributed by atoms with Gasteiger partial charge in [-0.3, -0.25) is 0 Å². The molecule has 0 unspecified atom stereocenters. The van der Waals surface area contributed by atoms with Gasteiger partial charge >= 0.3 is 0 Å². The molecule has 0 heterocycles. The number of hydrogen-bond acceptors (Lipinski definition) is 3. The van der Waals surface area contributed by atoms with Crippen molar-refractivity contribution in [2.75, 3.05) is 31.5 Å². The molecule has 0 bridgehead atoms. The second-order valence-electron chi connectivity index (χ2n) is 1.43. The van der Waals surface area contributed by atoms with Gasteiger partial charge in [0.2, 0.25) is 0 Å². The molecule has 3 nitrogen and oxygen atoms in total. The minimum atomic E-state index is 0.194. The van der Waals surface area contributed by atoms with E-state index in [1.54, 1.807) is 0 Å². The number of halogens is 2. The highest BCUT2D eigenvalue weighted by atomic mass is 35.5. The number of alkyl halides is 2. The van der Waals surface area contributed by atoms with E-state index >= 15 is 0 Å². The zero-order valence-corrected chi connectivity index (χ0v) is 7.46. The number of rotatable bonds is 4. The van der Waals surface area contributed by atoms with Crippen LogP contribution in [0.1, 0.15) is 0 Å². The first kappa shape index (κ1) is 13.1. The monoisotopic (exact) mass is 187 g/mol. The highest BCUT2D eigenvalue weighted by Crippen LogP contribution is 1.73. The molecule has 0 aliphatic carbocycles. The van der Waals surface area contributed by atoms with Crippen LogP contribution in [0.4, 0.5) is 0 Å². The van der Waals surface area contributed by atoms with Crippen LogP contribution in [0.25, 0.3) is 0 Å². The summed E-state index contributed by atoms with van der Waals surface area (Å²) in [4.78, 5) is 0. The molecule has 0 fully saturated rings. The molecule has 0 saturated carbocycles. The number of nitrogens with two attached hydrogens (primary N) is 2. The van der Waals surface area contributed by atoms with Gasteiger partial charge in [0, 0.05) is 26.2 Å². The van der Waals surface area contributed by atoms with Crippen LogP contribution in [0.2, 0.25) is 0 Å². The molecule has 0 aromatic carbocycles. The molecule has 5 heteroatoms. The first-order valence-corrected chi connectivity index (χ1v) is 4.13. The largest absolute Gasteiger partial charge is 0.329 e. The second kappa shape index (κ2) is 16.2. The zero-order chi connectivity index (χ0) is 8.24. The third-order valence-corrected chi connectivity index (χ3v) is 0.642. The fraction of sp³-hybridized carbons (Fsp3) is 1.00. The summed E-state index contributed by atoms with van der Waals surface area (Å²) in [5.74, 6) is 0. The molecular weight excluding hydrogens is 173 g/mol. The van der Waals surface area contributed by atoms with Crippen LogP contribution in [-0.2, 0) is 0 Å². The van der Waals surface area contributed by atoms with Crippen molar-refractivity contribution in [2.24, 2.45) is 11.5 Å². The van der Waals surface area contributed by atoms with E-state index in [9.17, 15) is 0 Å². The van der Waals surface area contributed by atoms with Gasteiger partial charge in [-0.1, -0.05) is 0 Å². The first-order chi connectivity index (χ1) is 4.83. The third-order valence-electron chi connectivity index (χ3n) is 0.642. The molecule has 0 aromatic rings. The molecule has 0 rings (SSSR count). The summed E-state index contributed by atoms with van der Waals surface area (Å²) >= 11 is 9.53. The fourth-order valence-corrected chi connectivity index (χ4v) is 0.329. The smallest absolute Gasteiger partial charge is 0.0967 e. The molecule has 10 heavy (non-hydrogen) atoms. The van der Waals surface area contributed by atoms with Crippen molar-refractivity contribution in [3.05, 3.63) is 0 Å². The normalized spacial score (nSPS) is 8.40. The van der Waals surface area contributed by atoms with Gasteiger partial charge in [-0.25, -0.2) is 0 Å². The zero-order valence-electron chi connectivity index (χ0n) is 5.95. The fourth-order valence-electron chi connectivity index (χ4n) is 0.329. The maximum Gasteiger partial charge on any atom is 0.0967 e. The van der Waals surface area contributed by atoms with Gasteiger partial charge in [-0.15, -0.1) is 23.2 Å². The standard InChI is InChI=1S/C4H13N3.CH2Cl2/c5-1-3-7-4-2-6;2-1-3/h7H,1-6H2;1H2. The molecule has 0 aromatic heterocycles. The average molecular weight is 188 g/mol. The topological polar surface area (TPSA) is 64.1 Å². The van der Waals surface area contributed by atoms with E-state index in [1.807, 2.05) is 0 Å². The minimum Gasteiger partial charge on any atom is -0.329 e. The lowest BCUT2D eigenvalue weighted by Crippen LogP contribution is -2.27. The molecule has 64 valence electrons. The van der Waals surface area contributed by atoms with Gasteiger partial charge in [0.15, 0.2) is 0 Å². The Balaban J connectivity index is 0. The van der Waals surface area contributed by atoms with Crippen molar-refractivity contribution in [1.82, 2.24) is 5.32 Å². The van der Waals surface area contributed by atoms with E-state index in [4.69, 9.17) is 34.7 Å². The summed E-state index contributed by atoms with van der Waals surface area (Å²) in [6, 6.07) is 0. The summed E-state index contributed by atoms with van der Waals surface area (Å²) in [6.07, 6.45) is 0. The SMILES string of the molecule is ClCCl.NCCNCCN. The van der Waals surface area contributed by atoms with Crippen LogP contribution in [-0.4, -0.2) is 31.5 Å². The summed E-state index contributed by atoms with van der Waals surface area (Å²) in [5.41, 5.74) is 10.3. The van der Waals surface area contributed by atoms with Crippen molar-refractivity contribution in [3.8, 4) is 0 Å². The van der Waals surface area contributed by atoms with Crippen LogP contribution in [0.3, 0.4) is 0 Å². The van der Waals surface area contributed by atoms with Crippen molar-refractivity contribution in [3.63, 3.8) is 0 Å². The Hall–Kier alpha value is 0.460. The van der Waals surface area contributed by atoms with E-state index < -0.39 is 0 Å². The summed E-state index contributed by atoms with van der Waals surface area (Å²) in [5, 5.41) is 3.23. The van der Waals surface area contributed by atoms with Crippen LogP contribution in [0, 0.1) is 0 Å².